The molecule has 1 saturated carbocycles. The number of halogens is 4. The number of carboxylic acid groups (broad SMARTS) is 1. The van der Waals surface area contributed by atoms with Crippen LogP contribution < -0.4 is 9.62 Å². The lowest BCUT2D eigenvalue weighted by Crippen LogP contribution is -2.40. The number of nitrogens with one attached hydrogen (secondary N) is 1. The van der Waals surface area contributed by atoms with Crippen LogP contribution in [0.2, 0.25) is 0 Å². The van der Waals surface area contributed by atoms with E-state index in [1.807, 2.05) is 23.9 Å². The van der Waals surface area contributed by atoms with Gasteiger partial charge in [-0.3, -0.25) is 13.9 Å². The van der Waals surface area contributed by atoms with Gasteiger partial charge in [0.15, 0.2) is 0 Å². The van der Waals surface area contributed by atoms with Crippen molar-refractivity contribution in [2.75, 3.05) is 16.7 Å². The summed E-state index contributed by atoms with van der Waals surface area (Å²) >= 11 is 0. The summed E-state index contributed by atoms with van der Waals surface area (Å²) in [5.74, 6) is -6.24. The van der Waals surface area contributed by atoms with Crippen LogP contribution in [-0.4, -0.2) is 37.0 Å². The zero-order valence-electron chi connectivity index (χ0n) is 23.7. The van der Waals surface area contributed by atoms with E-state index in [-0.39, 0.29) is 17.4 Å². The molecule has 0 aliphatic heterocycles. The van der Waals surface area contributed by atoms with Gasteiger partial charge in [0.2, 0.25) is 5.91 Å². The maximum atomic E-state index is 14.4. The lowest BCUT2D eigenvalue weighted by atomic mass is 9.69. The zero-order chi connectivity index (χ0) is 32.0. The van der Waals surface area contributed by atoms with Crippen molar-refractivity contribution in [1.82, 2.24) is 4.57 Å². The second kappa shape index (κ2) is 11.6. The molecule has 232 valence electrons. The molecule has 0 radical (unpaired) electrons. The number of nitrogens with zero attached hydrogens (tertiary/aromatic N) is 2. The molecule has 1 amide bonds. The molecule has 0 bridgehead atoms. The first kappa shape index (κ1) is 31.0. The first-order chi connectivity index (χ1) is 20.7. The second-order valence-corrected chi connectivity index (χ2v) is 12.9. The molecule has 1 aliphatic carbocycles. The monoisotopic (exact) mass is 631 g/mol. The average Bonchev–Trinajstić information content (AvgIpc) is 3.36. The first-order valence-corrected chi connectivity index (χ1v) is 15.2. The number of aliphatic carboxylic acids is 1. The smallest absolute Gasteiger partial charge is 0.416 e. The van der Waals surface area contributed by atoms with Crippen LogP contribution in [0.3, 0.4) is 0 Å². The van der Waals surface area contributed by atoms with Gasteiger partial charge >= 0.3 is 12.1 Å². The number of aryl methyl sites for hydroxylation is 1. The van der Waals surface area contributed by atoms with Crippen LogP contribution in [0.5, 0.6) is 0 Å². The first-order valence-electron chi connectivity index (χ1n) is 13.7. The Morgan fingerprint density at radius 3 is 2.34 bits per heavy atom. The van der Waals surface area contributed by atoms with Gasteiger partial charge in [0, 0.05) is 31.2 Å². The Labute approximate surface area is 251 Å². The Hall–Kier alpha value is -4.39. The summed E-state index contributed by atoms with van der Waals surface area (Å²) in [7, 11) is -0.639. The summed E-state index contributed by atoms with van der Waals surface area (Å²) in [6.45, 7) is 0. The van der Waals surface area contributed by atoms with E-state index in [2.05, 4.69) is 5.32 Å². The Kier molecular flexibility index (Phi) is 8.19. The largest absolute Gasteiger partial charge is 0.481 e. The normalized spacial score (nSPS) is 19.1. The SMILES string of the molecule is CN(c1ccc([C@H]2CCC[C@@H](C(=O)Nc3ccc(C(F)(F)F)cc3F)[C@@H]2C(=O)O)cc1)S(=O)(=O)c1ccc2c(ccn2C)c1. The van der Waals surface area contributed by atoms with Crippen LogP contribution in [0.25, 0.3) is 10.9 Å². The highest BCUT2D eigenvalue weighted by Gasteiger charge is 2.43. The van der Waals surface area contributed by atoms with Crippen LogP contribution in [0.1, 0.15) is 36.3 Å². The quantitative estimate of drug-likeness (QED) is 0.230. The summed E-state index contributed by atoms with van der Waals surface area (Å²) in [5, 5.41) is 13.2. The van der Waals surface area contributed by atoms with E-state index in [9.17, 15) is 40.7 Å². The molecular formula is C31H29F4N3O5S. The number of rotatable bonds is 7. The van der Waals surface area contributed by atoms with Crippen LogP contribution in [0.15, 0.2) is 77.8 Å². The van der Waals surface area contributed by atoms with Gasteiger partial charge in [0.05, 0.1) is 33.7 Å². The van der Waals surface area contributed by atoms with Crippen molar-refractivity contribution >= 4 is 44.2 Å². The third-order valence-corrected chi connectivity index (χ3v) is 10.1. The molecule has 1 heterocycles. The Morgan fingerprint density at radius 2 is 1.70 bits per heavy atom. The molecule has 8 nitrogen and oxygen atoms in total. The molecule has 13 heteroatoms. The third kappa shape index (κ3) is 5.88. The van der Waals surface area contributed by atoms with Crippen molar-refractivity contribution in [3.8, 4) is 0 Å². The topological polar surface area (TPSA) is 109 Å². The highest BCUT2D eigenvalue weighted by atomic mass is 32.2. The minimum absolute atomic E-state index is 0.110. The number of hydrogen-bond acceptors (Lipinski definition) is 4. The molecule has 0 saturated heterocycles. The molecule has 1 aromatic heterocycles. The van der Waals surface area contributed by atoms with Crippen molar-refractivity contribution in [1.29, 1.82) is 0 Å². The van der Waals surface area contributed by atoms with Gasteiger partial charge in [-0.05, 0) is 78.9 Å². The summed E-state index contributed by atoms with van der Waals surface area (Å²) in [4.78, 5) is 25.7. The Balaban J connectivity index is 1.35. The van der Waals surface area contributed by atoms with E-state index < -0.39 is 62.9 Å². The molecule has 3 atom stereocenters. The van der Waals surface area contributed by atoms with Gasteiger partial charge in [-0.25, -0.2) is 12.8 Å². The van der Waals surface area contributed by atoms with Crippen molar-refractivity contribution in [2.45, 2.75) is 36.3 Å². The number of alkyl halides is 3. The second-order valence-electron chi connectivity index (χ2n) is 10.9. The van der Waals surface area contributed by atoms with Crippen LogP contribution in [0, 0.1) is 17.7 Å². The fourth-order valence-corrected chi connectivity index (χ4v) is 7.11. The van der Waals surface area contributed by atoms with Crippen molar-refractivity contribution in [2.24, 2.45) is 18.9 Å². The molecule has 4 aromatic rings. The molecule has 3 aromatic carbocycles. The lowest BCUT2D eigenvalue weighted by Gasteiger charge is -2.35. The number of fused-ring (bicyclic) bond motifs is 1. The molecule has 0 spiro atoms. The number of carbonyl (C=O) groups excluding carboxylic acids is 1. The fraction of sp³-hybridized carbons (Fsp3) is 0.290. The predicted octanol–water partition coefficient (Wildman–Crippen LogP) is 6.38. The van der Waals surface area contributed by atoms with Gasteiger partial charge in [0.1, 0.15) is 5.82 Å². The molecule has 44 heavy (non-hydrogen) atoms. The summed E-state index contributed by atoms with van der Waals surface area (Å²) in [6, 6.07) is 14.8. The minimum Gasteiger partial charge on any atom is -0.481 e. The highest BCUT2D eigenvalue weighted by Crippen LogP contribution is 2.43. The van der Waals surface area contributed by atoms with Gasteiger partial charge in [-0.15, -0.1) is 0 Å². The number of aromatic nitrogens is 1. The van der Waals surface area contributed by atoms with E-state index in [0.717, 1.165) is 21.3 Å². The number of amides is 1. The van der Waals surface area contributed by atoms with E-state index in [1.54, 1.807) is 36.4 Å². The summed E-state index contributed by atoms with van der Waals surface area (Å²) in [6.07, 6.45) is -1.84. The lowest BCUT2D eigenvalue weighted by molar-refractivity contribution is -0.148. The zero-order valence-corrected chi connectivity index (χ0v) is 24.5. The fourth-order valence-electron chi connectivity index (χ4n) is 5.88. The number of anilines is 2. The standard InChI is InChI=1S/C31H29F4N3O5S/c1-37-15-14-19-16-22(11-13-27(19)37)44(42,43)38(2)21-9-6-18(7-10-21)23-4-3-5-24(28(23)30(40)41)29(39)36-26-12-8-20(17-25(26)32)31(33,34)35/h6-17,23-24,28H,3-5H2,1-2H3,(H,36,39)(H,40,41)/t23-,24-,28-/m1/s1. The third-order valence-electron chi connectivity index (χ3n) is 8.27. The van der Waals surface area contributed by atoms with E-state index in [1.165, 1.54) is 13.1 Å². The predicted molar refractivity (Wildman–Crippen MR) is 156 cm³/mol. The number of sulfonamides is 1. The molecule has 1 aliphatic rings. The van der Waals surface area contributed by atoms with Gasteiger partial charge in [-0.2, -0.15) is 13.2 Å². The summed E-state index contributed by atoms with van der Waals surface area (Å²) < 4.78 is 82.9. The van der Waals surface area contributed by atoms with E-state index in [0.29, 0.717) is 30.2 Å². The highest BCUT2D eigenvalue weighted by molar-refractivity contribution is 7.92. The maximum absolute atomic E-state index is 14.4. The van der Waals surface area contributed by atoms with Crippen molar-refractivity contribution < 1.29 is 40.7 Å². The van der Waals surface area contributed by atoms with E-state index in [4.69, 9.17) is 0 Å². The number of benzene rings is 3. The molecule has 5 rings (SSSR count). The molecule has 1 fully saturated rings. The van der Waals surface area contributed by atoms with Crippen LogP contribution in [-0.2, 0) is 32.8 Å². The van der Waals surface area contributed by atoms with Crippen LogP contribution in [0.4, 0.5) is 28.9 Å². The Morgan fingerprint density at radius 1 is 1.00 bits per heavy atom. The summed E-state index contributed by atoms with van der Waals surface area (Å²) in [5.41, 5.74) is 0.114. The van der Waals surface area contributed by atoms with Gasteiger partial charge < -0.3 is 15.0 Å². The van der Waals surface area contributed by atoms with E-state index >= 15 is 0 Å². The molecular weight excluding hydrogens is 602 g/mol. The van der Waals surface area contributed by atoms with Gasteiger partial charge in [0.25, 0.3) is 10.0 Å². The van der Waals surface area contributed by atoms with Crippen molar-refractivity contribution in [3.05, 3.63) is 89.9 Å². The minimum atomic E-state index is -4.76. The maximum Gasteiger partial charge on any atom is 0.416 e. The van der Waals surface area contributed by atoms with Gasteiger partial charge in [-0.1, -0.05) is 18.6 Å². The molecule has 2 N–H and O–H groups in total. The number of carboxylic acids is 1. The molecule has 0 unspecified atom stereocenters. The number of hydrogen-bond donors (Lipinski definition) is 2. The average molecular weight is 632 g/mol. The Bertz CT molecular complexity index is 1840. The van der Waals surface area contributed by atoms with Crippen molar-refractivity contribution in [3.63, 3.8) is 0 Å². The number of carbonyl (C=O) groups is 2. The van der Waals surface area contributed by atoms with Crippen LogP contribution >= 0.6 is 0 Å².